The molecule has 3 heteroatoms. The van der Waals surface area contributed by atoms with E-state index in [2.05, 4.69) is 41.2 Å². The normalized spacial score (nSPS) is 18.8. The van der Waals surface area contributed by atoms with E-state index < -0.39 is 0 Å². The summed E-state index contributed by atoms with van der Waals surface area (Å²) in [5.74, 6) is 0. The number of likely N-dealkylation sites (tertiary alicyclic amines) is 1. The van der Waals surface area contributed by atoms with Gasteiger partial charge in [0.1, 0.15) is 0 Å². The minimum absolute atomic E-state index is 0.603. The summed E-state index contributed by atoms with van der Waals surface area (Å²) in [7, 11) is 0. The smallest absolute Gasteiger partial charge is 0.0271 e. The lowest BCUT2D eigenvalue weighted by atomic mass is 10.0. The summed E-state index contributed by atoms with van der Waals surface area (Å²) in [4.78, 5) is 6.59. The lowest BCUT2D eigenvalue weighted by molar-refractivity contribution is 0.186. The number of rotatable bonds is 4. The fraction of sp³-hybridized carbons (Fsp3) is 0.643. The van der Waals surface area contributed by atoms with Crippen molar-refractivity contribution in [2.75, 3.05) is 13.1 Å². The quantitative estimate of drug-likeness (QED) is 0.862. The monoisotopic (exact) mass is 233 g/mol. The first-order valence-corrected chi connectivity index (χ1v) is 6.61. The summed E-state index contributed by atoms with van der Waals surface area (Å²) < 4.78 is 0. The van der Waals surface area contributed by atoms with Gasteiger partial charge in [0.05, 0.1) is 0 Å². The second-order valence-corrected chi connectivity index (χ2v) is 5.23. The highest BCUT2D eigenvalue weighted by atomic mass is 15.1. The van der Waals surface area contributed by atoms with Gasteiger partial charge >= 0.3 is 0 Å². The molecule has 2 rings (SSSR count). The minimum atomic E-state index is 0.603. The van der Waals surface area contributed by atoms with Crippen molar-refractivity contribution in [3.63, 3.8) is 0 Å². The molecule has 0 aliphatic carbocycles. The largest absolute Gasteiger partial charge is 0.312 e. The van der Waals surface area contributed by atoms with Crippen LogP contribution in [0.3, 0.4) is 0 Å². The Kier molecular flexibility index (Phi) is 4.51. The number of pyridine rings is 1. The van der Waals surface area contributed by atoms with Crippen molar-refractivity contribution >= 4 is 0 Å². The average Bonchev–Trinajstić information content (AvgIpc) is 2.32. The van der Waals surface area contributed by atoms with Crippen molar-refractivity contribution in [2.24, 2.45) is 0 Å². The highest BCUT2D eigenvalue weighted by molar-refractivity contribution is 5.09. The van der Waals surface area contributed by atoms with E-state index in [0.29, 0.717) is 12.1 Å². The van der Waals surface area contributed by atoms with Crippen LogP contribution in [-0.4, -0.2) is 35.1 Å². The van der Waals surface area contributed by atoms with Crippen molar-refractivity contribution in [2.45, 2.75) is 45.3 Å². The zero-order chi connectivity index (χ0) is 12.1. The number of hydrogen-bond donors (Lipinski definition) is 1. The van der Waals surface area contributed by atoms with E-state index in [1.54, 1.807) is 0 Å². The Bertz CT molecular complexity index is 315. The van der Waals surface area contributed by atoms with Crippen molar-refractivity contribution in [3.8, 4) is 0 Å². The van der Waals surface area contributed by atoms with E-state index in [1.165, 1.54) is 31.5 Å². The van der Waals surface area contributed by atoms with Crippen molar-refractivity contribution in [1.29, 1.82) is 0 Å². The van der Waals surface area contributed by atoms with Gasteiger partial charge in [0, 0.05) is 31.0 Å². The van der Waals surface area contributed by atoms with Crippen LogP contribution < -0.4 is 5.32 Å². The number of aromatic nitrogens is 1. The third-order valence-corrected chi connectivity index (χ3v) is 3.31. The molecule has 0 radical (unpaired) electrons. The molecular formula is C14H23N3. The van der Waals surface area contributed by atoms with Crippen LogP contribution in [0.5, 0.6) is 0 Å². The third-order valence-electron chi connectivity index (χ3n) is 3.31. The number of piperidine rings is 1. The van der Waals surface area contributed by atoms with Crippen LogP contribution in [0.25, 0.3) is 0 Å². The highest BCUT2D eigenvalue weighted by Gasteiger charge is 2.19. The topological polar surface area (TPSA) is 28.2 Å². The Morgan fingerprint density at radius 3 is 2.53 bits per heavy atom. The molecule has 0 saturated carbocycles. The third kappa shape index (κ3) is 4.10. The fourth-order valence-electron chi connectivity index (χ4n) is 2.48. The predicted octanol–water partition coefficient (Wildman–Crippen LogP) is 2.04. The Hall–Kier alpha value is -0.930. The Morgan fingerprint density at radius 2 is 1.94 bits per heavy atom. The van der Waals surface area contributed by atoms with Crippen LogP contribution in [0, 0.1) is 0 Å². The molecular weight excluding hydrogens is 210 g/mol. The lowest BCUT2D eigenvalue weighted by Gasteiger charge is -2.33. The van der Waals surface area contributed by atoms with Crippen molar-refractivity contribution < 1.29 is 0 Å². The SMILES string of the molecule is CC(C)NC1CCN(Cc2ccncc2)CC1. The molecule has 1 aromatic heterocycles. The molecule has 1 aliphatic heterocycles. The van der Waals surface area contributed by atoms with Crippen LogP contribution in [0.1, 0.15) is 32.3 Å². The molecule has 1 aliphatic rings. The van der Waals surface area contributed by atoms with Gasteiger partial charge in [-0.25, -0.2) is 0 Å². The van der Waals surface area contributed by atoms with Crippen LogP contribution in [0.2, 0.25) is 0 Å². The van der Waals surface area contributed by atoms with E-state index in [1.807, 2.05) is 12.4 Å². The van der Waals surface area contributed by atoms with Crippen molar-refractivity contribution in [3.05, 3.63) is 30.1 Å². The maximum Gasteiger partial charge on any atom is 0.0271 e. The maximum atomic E-state index is 4.05. The van der Waals surface area contributed by atoms with Crippen molar-refractivity contribution in [1.82, 2.24) is 15.2 Å². The molecule has 1 aromatic rings. The summed E-state index contributed by atoms with van der Waals surface area (Å²) in [6, 6.07) is 5.53. The van der Waals surface area contributed by atoms with E-state index >= 15 is 0 Å². The summed E-state index contributed by atoms with van der Waals surface area (Å²) in [5.41, 5.74) is 1.37. The standard InChI is InChI=1S/C14H23N3/c1-12(2)16-14-5-9-17(10-6-14)11-13-3-7-15-8-4-13/h3-4,7-8,12,14,16H,5-6,9-11H2,1-2H3. The van der Waals surface area contributed by atoms with E-state index in [-0.39, 0.29) is 0 Å². The van der Waals surface area contributed by atoms with E-state index in [9.17, 15) is 0 Å². The summed E-state index contributed by atoms with van der Waals surface area (Å²) in [5, 5.41) is 3.63. The molecule has 0 amide bonds. The molecule has 0 bridgehead atoms. The maximum absolute atomic E-state index is 4.05. The average molecular weight is 233 g/mol. The van der Waals surface area contributed by atoms with Gasteiger partial charge in [0.15, 0.2) is 0 Å². The molecule has 17 heavy (non-hydrogen) atoms. The first-order chi connectivity index (χ1) is 8.24. The molecule has 1 saturated heterocycles. The van der Waals surface area contributed by atoms with Gasteiger partial charge in [0.25, 0.3) is 0 Å². The van der Waals surface area contributed by atoms with Gasteiger partial charge in [-0.05, 0) is 43.6 Å². The zero-order valence-electron chi connectivity index (χ0n) is 10.9. The van der Waals surface area contributed by atoms with Gasteiger partial charge in [0.2, 0.25) is 0 Å². The number of hydrogen-bond acceptors (Lipinski definition) is 3. The Balaban J connectivity index is 1.76. The fourth-order valence-corrected chi connectivity index (χ4v) is 2.48. The first-order valence-electron chi connectivity index (χ1n) is 6.61. The Morgan fingerprint density at radius 1 is 1.29 bits per heavy atom. The summed E-state index contributed by atoms with van der Waals surface area (Å²) in [6.45, 7) is 7.92. The molecule has 1 fully saturated rings. The molecule has 0 unspecified atom stereocenters. The second-order valence-electron chi connectivity index (χ2n) is 5.23. The van der Waals surface area contributed by atoms with Gasteiger partial charge in [-0.15, -0.1) is 0 Å². The number of nitrogens with zero attached hydrogens (tertiary/aromatic N) is 2. The summed E-state index contributed by atoms with van der Waals surface area (Å²) in [6.07, 6.45) is 6.29. The molecule has 0 atom stereocenters. The van der Waals surface area contributed by atoms with E-state index in [0.717, 1.165) is 6.54 Å². The van der Waals surface area contributed by atoms with Gasteiger partial charge in [-0.3, -0.25) is 9.88 Å². The minimum Gasteiger partial charge on any atom is -0.312 e. The van der Waals surface area contributed by atoms with Crippen LogP contribution in [-0.2, 0) is 6.54 Å². The zero-order valence-corrected chi connectivity index (χ0v) is 10.9. The molecule has 0 aromatic carbocycles. The van der Waals surface area contributed by atoms with Gasteiger partial charge in [-0.1, -0.05) is 13.8 Å². The highest BCUT2D eigenvalue weighted by Crippen LogP contribution is 2.13. The number of nitrogens with one attached hydrogen (secondary N) is 1. The van der Waals surface area contributed by atoms with E-state index in [4.69, 9.17) is 0 Å². The summed E-state index contributed by atoms with van der Waals surface area (Å²) >= 11 is 0. The molecule has 2 heterocycles. The molecule has 0 spiro atoms. The Labute approximate surface area is 104 Å². The van der Waals surface area contributed by atoms with Gasteiger partial charge in [-0.2, -0.15) is 0 Å². The first kappa shape index (κ1) is 12.5. The van der Waals surface area contributed by atoms with Crippen LogP contribution in [0.15, 0.2) is 24.5 Å². The van der Waals surface area contributed by atoms with Gasteiger partial charge < -0.3 is 5.32 Å². The van der Waals surface area contributed by atoms with Crippen LogP contribution in [0.4, 0.5) is 0 Å². The second kappa shape index (κ2) is 6.12. The molecule has 1 N–H and O–H groups in total. The molecule has 94 valence electrons. The molecule has 3 nitrogen and oxygen atoms in total. The predicted molar refractivity (Wildman–Crippen MR) is 70.8 cm³/mol. The lowest BCUT2D eigenvalue weighted by Crippen LogP contribution is -2.44. The van der Waals surface area contributed by atoms with Crippen LogP contribution >= 0.6 is 0 Å².